The van der Waals surface area contributed by atoms with Crippen LogP contribution < -0.4 is 15.8 Å². The predicted molar refractivity (Wildman–Crippen MR) is 100 cm³/mol. The number of fused-ring (bicyclic) bond motifs is 1. The highest BCUT2D eigenvalue weighted by Crippen LogP contribution is 2.35. The third-order valence-electron chi connectivity index (χ3n) is 3.19. The Labute approximate surface area is 156 Å². The quantitative estimate of drug-likeness (QED) is 0.639. The maximum Gasteiger partial charge on any atom is 0.255 e. The summed E-state index contributed by atoms with van der Waals surface area (Å²) in [6.45, 7) is 0. The van der Waals surface area contributed by atoms with Crippen LogP contribution in [0.3, 0.4) is 0 Å². The van der Waals surface area contributed by atoms with Crippen molar-refractivity contribution in [3.63, 3.8) is 0 Å². The minimum absolute atomic E-state index is 0.249. The highest BCUT2D eigenvalue weighted by atomic mass is 35.5. The van der Waals surface area contributed by atoms with Crippen LogP contribution in [-0.2, 0) is 0 Å². The van der Waals surface area contributed by atoms with Gasteiger partial charge in [0.05, 0.1) is 26.9 Å². The third-order valence-corrected chi connectivity index (χ3v) is 4.87. The molecule has 0 fully saturated rings. The number of thiazole rings is 1. The third kappa shape index (κ3) is 3.23. The van der Waals surface area contributed by atoms with E-state index < -0.39 is 0 Å². The van der Waals surface area contributed by atoms with Gasteiger partial charge in [0, 0.05) is 11.3 Å². The SMILES string of the molecule is COc1c(Cl)cc(C(=O)Nc2cc(Cl)c3nc(N)sc3c2)cc1Cl. The number of benzene rings is 2. The van der Waals surface area contributed by atoms with Crippen molar-refractivity contribution in [1.29, 1.82) is 0 Å². The molecule has 3 aromatic rings. The van der Waals surface area contributed by atoms with Crippen LogP contribution in [0.1, 0.15) is 10.4 Å². The number of hydrogen-bond donors (Lipinski definition) is 2. The number of nitrogen functional groups attached to an aromatic ring is 1. The van der Waals surface area contributed by atoms with Crippen molar-refractivity contribution >= 4 is 73.1 Å². The number of halogens is 3. The summed E-state index contributed by atoms with van der Waals surface area (Å²) in [5.41, 5.74) is 7.10. The van der Waals surface area contributed by atoms with Crippen LogP contribution in [0.25, 0.3) is 10.2 Å². The fourth-order valence-corrected chi connectivity index (χ4v) is 3.93. The molecule has 3 rings (SSSR count). The molecule has 3 N–H and O–H groups in total. The van der Waals surface area contributed by atoms with Gasteiger partial charge in [0.2, 0.25) is 0 Å². The van der Waals surface area contributed by atoms with E-state index in [1.165, 1.54) is 30.6 Å². The van der Waals surface area contributed by atoms with Gasteiger partial charge < -0.3 is 15.8 Å². The lowest BCUT2D eigenvalue weighted by Gasteiger charge is -2.10. The standard InChI is InChI=1S/C15H10Cl3N3O2S/c1-23-13-9(17)2-6(3-10(13)18)14(22)20-7-4-8(16)12-11(5-7)24-15(19)21-12/h2-5H,1H3,(H2,19,21)(H,20,22). The van der Waals surface area contributed by atoms with Gasteiger partial charge in [-0.15, -0.1) is 0 Å². The first-order valence-electron chi connectivity index (χ1n) is 6.59. The zero-order valence-corrected chi connectivity index (χ0v) is 15.3. The number of carbonyl (C=O) groups excluding carboxylic acids is 1. The first-order chi connectivity index (χ1) is 11.4. The summed E-state index contributed by atoms with van der Waals surface area (Å²) >= 11 is 19.6. The average molecular weight is 403 g/mol. The van der Waals surface area contributed by atoms with Gasteiger partial charge >= 0.3 is 0 Å². The molecule has 0 saturated heterocycles. The van der Waals surface area contributed by atoms with Crippen LogP contribution in [0.5, 0.6) is 5.75 Å². The first kappa shape index (κ1) is 17.1. The molecule has 1 aromatic heterocycles. The number of aromatic nitrogens is 1. The van der Waals surface area contributed by atoms with E-state index in [1.807, 2.05) is 0 Å². The Bertz CT molecular complexity index is 936. The lowest BCUT2D eigenvalue weighted by Crippen LogP contribution is -2.12. The minimum Gasteiger partial charge on any atom is -0.494 e. The molecule has 24 heavy (non-hydrogen) atoms. The molecule has 0 atom stereocenters. The number of rotatable bonds is 3. The van der Waals surface area contributed by atoms with Crippen LogP contribution in [0.4, 0.5) is 10.8 Å². The zero-order valence-electron chi connectivity index (χ0n) is 12.2. The molecule has 0 aliphatic heterocycles. The van der Waals surface area contributed by atoms with Gasteiger partial charge in [-0.2, -0.15) is 0 Å². The summed E-state index contributed by atoms with van der Waals surface area (Å²) < 4.78 is 5.84. The van der Waals surface area contributed by atoms with Gasteiger partial charge in [0.1, 0.15) is 5.52 Å². The fourth-order valence-electron chi connectivity index (χ4n) is 2.17. The van der Waals surface area contributed by atoms with E-state index in [2.05, 4.69) is 10.3 Å². The molecule has 0 spiro atoms. The van der Waals surface area contributed by atoms with Crippen molar-refractivity contribution in [2.24, 2.45) is 0 Å². The van der Waals surface area contributed by atoms with Crippen LogP contribution in [-0.4, -0.2) is 18.0 Å². The van der Waals surface area contributed by atoms with E-state index in [0.717, 1.165) is 4.70 Å². The van der Waals surface area contributed by atoms with Crippen molar-refractivity contribution in [3.05, 3.63) is 44.9 Å². The lowest BCUT2D eigenvalue weighted by atomic mass is 10.2. The Kier molecular flexibility index (Phi) is 4.73. The van der Waals surface area contributed by atoms with Crippen LogP contribution in [0, 0.1) is 0 Å². The van der Waals surface area contributed by atoms with E-state index in [1.54, 1.807) is 12.1 Å². The lowest BCUT2D eigenvalue weighted by molar-refractivity contribution is 0.102. The molecular weight excluding hydrogens is 393 g/mol. The molecule has 9 heteroatoms. The normalized spacial score (nSPS) is 10.8. The van der Waals surface area contributed by atoms with Crippen LogP contribution in [0.2, 0.25) is 15.1 Å². The molecule has 0 radical (unpaired) electrons. The Morgan fingerprint density at radius 1 is 1.17 bits per heavy atom. The number of carbonyl (C=O) groups is 1. The highest BCUT2D eigenvalue weighted by molar-refractivity contribution is 7.22. The number of hydrogen-bond acceptors (Lipinski definition) is 5. The van der Waals surface area contributed by atoms with Gasteiger partial charge in [-0.3, -0.25) is 4.79 Å². The molecule has 1 heterocycles. The van der Waals surface area contributed by atoms with E-state index in [-0.39, 0.29) is 16.0 Å². The number of anilines is 2. The number of nitrogens with zero attached hydrogens (tertiary/aromatic N) is 1. The molecule has 0 unspecified atom stereocenters. The molecule has 5 nitrogen and oxygen atoms in total. The van der Waals surface area contributed by atoms with Crippen molar-refractivity contribution < 1.29 is 9.53 Å². The number of nitrogens with one attached hydrogen (secondary N) is 1. The molecule has 2 aromatic carbocycles. The number of ether oxygens (including phenoxy) is 1. The van der Waals surface area contributed by atoms with Crippen molar-refractivity contribution in [3.8, 4) is 5.75 Å². The molecular formula is C15H10Cl3N3O2S. The van der Waals surface area contributed by atoms with E-state index in [4.69, 9.17) is 45.3 Å². The Morgan fingerprint density at radius 2 is 1.83 bits per heavy atom. The predicted octanol–water partition coefficient (Wildman–Crippen LogP) is 5.10. The second kappa shape index (κ2) is 6.64. The van der Waals surface area contributed by atoms with E-state index in [0.29, 0.717) is 32.7 Å². The van der Waals surface area contributed by atoms with Gasteiger partial charge in [-0.25, -0.2) is 4.98 Å². The van der Waals surface area contributed by atoms with Crippen LogP contribution in [0.15, 0.2) is 24.3 Å². The van der Waals surface area contributed by atoms with Gasteiger partial charge in [-0.05, 0) is 24.3 Å². The van der Waals surface area contributed by atoms with Crippen LogP contribution >= 0.6 is 46.1 Å². The summed E-state index contributed by atoms with van der Waals surface area (Å²) in [7, 11) is 1.45. The Hall–Kier alpha value is -1.73. The van der Waals surface area contributed by atoms with E-state index >= 15 is 0 Å². The molecule has 0 aliphatic carbocycles. The number of methoxy groups -OCH3 is 1. The summed E-state index contributed by atoms with van der Waals surface area (Å²) in [5.74, 6) is -0.0613. The summed E-state index contributed by atoms with van der Waals surface area (Å²) in [6.07, 6.45) is 0. The first-order valence-corrected chi connectivity index (χ1v) is 8.54. The average Bonchev–Trinajstić information content (AvgIpc) is 2.88. The summed E-state index contributed by atoms with van der Waals surface area (Å²) in [6, 6.07) is 6.31. The van der Waals surface area contributed by atoms with Gasteiger partial charge in [0.15, 0.2) is 10.9 Å². The monoisotopic (exact) mass is 401 g/mol. The van der Waals surface area contributed by atoms with Crippen molar-refractivity contribution in [2.45, 2.75) is 0 Å². The summed E-state index contributed by atoms with van der Waals surface area (Å²) in [4.78, 5) is 16.6. The van der Waals surface area contributed by atoms with Gasteiger partial charge in [0.25, 0.3) is 5.91 Å². The van der Waals surface area contributed by atoms with Crippen molar-refractivity contribution in [2.75, 3.05) is 18.2 Å². The molecule has 0 aliphatic rings. The summed E-state index contributed by atoms with van der Waals surface area (Å²) in [5, 5.41) is 4.06. The molecule has 1 amide bonds. The van der Waals surface area contributed by atoms with Crippen molar-refractivity contribution in [1.82, 2.24) is 4.98 Å². The van der Waals surface area contributed by atoms with Gasteiger partial charge in [-0.1, -0.05) is 46.1 Å². The largest absolute Gasteiger partial charge is 0.494 e. The smallest absolute Gasteiger partial charge is 0.255 e. The number of nitrogens with two attached hydrogens (primary N) is 1. The minimum atomic E-state index is -0.380. The fraction of sp³-hybridized carbons (Fsp3) is 0.0667. The maximum atomic E-state index is 12.4. The Balaban J connectivity index is 1.92. The zero-order chi connectivity index (χ0) is 17.4. The van der Waals surface area contributed by atoms with E-state index in [9.17, 15) is 4.79 Å². The maximum absolute atomic E-state index is 12.4. The number of amides is 1. The topological polar surface area (TPSA) is 77.2 Å². The molecule has 124 valence electrons. The molecule has 0 bridgehead atoms. The second-order valence-corrected chi connectivity index (χ2v) is 7.07. The highest BCUT2D eigenvalue weighted by Gasteiger charge is 2.15. The Morgan fingerprint density at radius 3 is 2.46 bits per heavy atom. The molecule has 0 saturated carbocycles. The second-order valence-electron chi connectivity index (χ2n) is 4.78.